The van der Waals surface area contributed by atoms with Gasteiger partial charge >= 0.3 is 0 Å². The fraction of sp³-hybridized carbons (Fsp3) is 0.312. The van der Waals surface area contributed by atoms with Gasteiger partial charge in [-0.05, 0) is 42.3 Å². The molecule has 0 radical (unpaired) electrons. The zero-order valence-corrected chi connectivity index (χ0v) is 14.6. The van der Waals surface area contributed by atoms with Crippen LogP contribution in [0.2, 0.25) is 0 Å². The molecule has 1 N–H and O–H groups in total. The minimum absolute atomic E-state index is 0.726. The minimum atomic E-state index is 0.726. The number of rotatable bonds is 7. The van der Waals surface area contributed by atoms with Crippen molar-refractivity contribution in [3.63, 3.8) is 0 Å². The average molecular weight is 367 g/mol. The highest BCUT2D eigenvalue weighted by Gasteiger charge is 2.04. The van der Waals surface area contributed by atoms with E-state index in [0.29, 0.717) is 0 Å². The van der Waals surface area contributed by atoms with Crippen LogP contribution in [0, 0.1) is 6.92 Å². The van der Waals surface area contributed by atoms with Gasteiger partial charge in [-0.2, -0.15) is 0 Å². The predicted molar refractivity (Wildman–Crippen MR) is 90.8 cm³/mol. The third-order valence-electron chi connectivity index (χ3n) is 2.93. The summed E-state index contributed by atoms with van der Waals surface area (Å²) < 4.78 is 6.10. The molecule has 5 heteroatoms. The Hall–Kier alpha value is -0.880. The van der Waals surface area contributed by atoms with E-state index in [4.69, 9.17) is 4.74 Å². The van der Waals surface area contributed by atoms with Crippen molar-refractivity contribution in [3.05, 3.63) is 52.1 Å². The van der Waals surface area contributed by atoms with Gasteiger partial charge in [-0.25, -0.2) is 4.98 Å². The topological polar surface area (TPSA) is 34.1 Å². The molecule has 0 amide bonds. The van der Waals surface area contributed by atoms with Crippen LogP contribution in [0.3, 0.4) is 0 Å². The van der Waals surface area contributed by atoms with Crippen molar-refractivity contribution in [3.8, 4) is 0 Å². The summed E-state index contributed by atoms with van der Waals surface area (Å²) in [6.07, 6.45) is 1.94. The van der Waals surface area contributed by atoms with E-state index >= 15 is 0 Å². The lowest BCUT2D eigenvalue weighted by molar-refractivity contribution is 0.199. The number of hydrogen-bond acceptors (Lipinski definition) is 4. The lowest BCUT2D eigenvalue weighted by Crippen LogP contribution is -2.18. The Morgan fingerprint density at radius 3 is 2.71 bits per heavy atom. The second-order valence-corrected chi connectivity index (χ2v) is 6.67. The van der Waals surface area contributed by atoms with E-state index in [1.165, 1.54) is 16.0 Å². The molecule has 1 aromatic heterocycles. The largest absolute Gasteiger partial charge is 0.383 e. The maximum absolute atomic E-state index is 5.01. The minimum Gasteiger partial charge on any atom is -0.383 e. The Bertz CT molecular complexity index is 575. The lowest BCUT2D eigenvalue weighted by Gasteiger charge is -2.08. The van der Waals surface area contributed by atoms with E-state index in [9.17, 15) is 0 Å². The molecule has 0 aliphatic heterocycles. The molecule has 0 aliphatic carbocycles. The first-order chi connectivity index (χ1) is 10.2. The van der Waals surface area contributed by atoms with E-state index in [0.717, 1.165) is 29.2 Å². The second kappa shape index (κ2) is 8.54. The standard InChI is InChI=1S/C16H19BrN2OS/c1-12-9-13(10-18-7-8-20-2)11-19-16(12)21-15-5-3-14(17)4-6-15/h3-6,9,11,18H,7-8,10H2,1-2H3. The number of aryl methyl sites for hydroxylation is 1. The Kier molecular flexibility index (Phi) is 6.70. The number of ether oxygens (including phenoxy) is 1. The summed E-state index contributed by atoms with van der Waals surface area (Å²) in [5.41, 5.74) is 2.40. The Morgan fingerprint density at radius 1 is 1.29 bits per heavy atom. The molecule has 0 fully saturated rings. The number of halogens is 1. The van der Waals surface area contributed by atoms with Gasteiger partial charge in [-0.1, -0.05) is 33.8 Å². The molecule has 0 bridgehead atoms. The van der Waals surface area contributed by atoms with Crippen LogP contribution in [-0.2, 0) is 11.3 Å². The third-order valence-corrected chi connectivity index (χ3v) is 4.58. The molecule has 0 saturated carbocycles. The van der Waals surface area contributed by atoms with Crippen molar-refractivity contribution in [2.45, 2.75) is 23.4 Å². The molecule has 0 saturated heterocycles. The fourth-order valence-electron chi connectivity index (χ4n) is 1.85. The molecular formula is C16H19BrN2OS. The van der Waals surface area contributed by atoms with Crippen molar-refractivity contribution in [1.29, 1.82) is 0 Å². The van der Waals surface area contributed by atoms with Crippen molar-refractivity contribution in [2.24, 2.45) is 0 Å². The number of aromatic nitrogens is 1. The zero-order valence-electron chi connectivity index (χ0n) is 12.2. The molecule has 0 aliphatic rings. The molecule has 1 aromatic carbocycles. The highest BCUT2D eigenvalue weighted by Crippen LogP contribution is 2.29. The summed E-state index contributed by atoms with van der Waals surface area (Å²) in [7, 11) is 1.71. The molecule has 0 unspecified atom stereocenters. The van der Waals surface area contributed by atoms with Crippen molar-refractivity contribution in [1.82, 2.24) is 10.3 Å². The van der Waals surface area contributed by atoms with Crippen LogP contribution in [0.5, 0.6) is 0 Å². The molecule has 0 spiro atoms. The normalized spacial score (nSPS) is 10.8. The van der Waals surface area contributed by atoms with Crippen molar-refractivity contribution >= 4 is 27.7 Å². The van der Waals surface area contributed by atoms with Crippen LogP contribution < -0.4 is 5.32 Å². The van der Waals surface area contributed by atoms with Gasteiger partial charge in [-0.3, -0.25) is 0 Å². The van der Waals surface area contributed by atoms with Crippen LogP contribution in [0.25, 0.3) is 0 Å². The maximum Gasteiger partial charge on any atom is 0.104 e. The maximum atomic E-state index is 5.01. The molecule has 21 heavy (non-hydrogen) atoms. The van der Waals surface area contributed by atoms with Gasteiger partial charge in [0.15, 0.2) is 0 Å². The third kappa shape index (κ3) is 5.43. The van der Waals surface area contributed by atoms with Gasteiger partial charge in [0, 0.05) is 35.8 Å². The lowest BCUT2D eigenvalue weighted by atomic mass is 10.2. The highest BCUT2D eigenvalue weighted by atomic mass is 79.9. The van der Waals surface area contributed by atoms with Crippen LogP contribution in [0.4, 0.5) is 0 Å². The van der Waals surface area contributed by atoms with E-state index in [2.05, 4.69) is 51.4 Å². The van der Waals surface area contributed by atoms with Gasteiger partial charge in [0.1, 0.15) is 5.03 Å². The molecular weight excluding hydrogens is 348 g/mol. The Morgan fingerprint density at radius 2 is 2.05 bits per heavy atom. The quantitative estimate of drug-likeness (QED) is 0.749. The first kappa shape index (κ1) is 16.5. The van der Waals surface area contributed by atoms with Gasteiger partial charge in [0.25, 0.3) is 0 Å². The van der Waals surface area contributed by atoms with Gasteiger partial charge in [0.2, 0.25) is 0 Å². The first-order valence-corrected chi connectivity index (χ1v) is 8.38. The number of pyridine rings is 1. The monoisotopic (exact) mass is 366 g/mol. The van der Waals surface area contributed by atoms with Crippen LogP contribution in [-0.4, -0.2) is 25.2 Å². The molecule has 112 valence electrons. The summed E-state index contributed by atoms with van der Waals surface area (Å²) in [6.45, 7) is 4.50. The number of benzene rings is 1. The van der Waals surface area contributed by atoms with E-state index in [-0.39, 0.29) is 0 Å². The highest BCUT2D eigenvalue weighted by molar-refractivity contribution is 9.10. The first-order valence-electron chi connectivity index (χ1n) is 6.77. The molecule has 2 rings (SSSR count). The van der Waals surface area contributed by atoms with Crippen LogP contribution in [0.1, 0.15) is 11.1 Å². The summed E-state index contributed by atoms with van der Waals surface area (Å²) in [5, 5.41) is 4.38. The number of hydrogen-bond donors (Lipinski definition) is 1. The smallest absolute Gasteiger partial charge is 0.104 e. The van der Waals surface area contributed by atoms with Crippen molar-refractivity contribution < 1.29 is 4.74 Å². The molecule has 1 heterocycles. The van der Waals surface area contributed by atoms with E-state index in [1.54, 1.807) is 18.9 Å². The predicted octanol–water partition coefficient (Wildman–Crippen LogP) is 4.04. The fourth-order valence-corrected chi connectivity index (χ4v) is 2.93. The van der Waals surface area contributed by atoms with Crippen LogP contribution in [0.15, 0.2) is 50.9 Å². The Labute approximate surface area is 138 Å². The number of nitrogens with zero attached hydrogens (tertiary/aromatic N) is 1. The molecule has 3 nitrogen and oxygen atoms in total. The average Bonchev–Trinajstić information content (AvgIpc) is 2.48. The number of methoxy groups -OCH3 is 1. The van der Waals surface area contributed by atoms with Crippen molar-refractivity contribution in [2.75, 3.05) is 20.3 Å². The summed E-state index contributed by atoms with van der Waals surface area (Å²) in [6, 6.07) is 10.5. The van der Waals surface area contributed by atoms with Crippen LogP contribution >= 0.6 is 27.7 Å². The van der Waals surface area contributed by atoms with E-state index in [1.807, 2.05) is 18.3 Å². The molecule has 0 atom stereocenters. The SMILES string of the molecule is COCCNCc1cnc(Sc2ccc(Br)cc2)c(C)c1. The molecule has 2 aromatic rings. The Balaban J connectivity index is 1.97. The second-order valence-electron chi connectivity index (χ2n) is 4.69. The van der Waals surface area contributed by atoms with E-state index < -0.39 is 0 Å². The van der Waals surface area contributed by atoms with Gasteiger partial charge in [0.05, 0.1) is 6.61 Å². The van der Waals surface area contributed by atoms with Gasteiger partial charge < -0.3 is 10.1 Å². The zero-order chi connectivity index (χ0) is 15.1. The van der Waals surface area contributed by atoms with Gasteiger partial charge in [-0.15, -0.1) is 0 Å². The summed E-state index contributed by atoms with van der Waals surface area (Å²) in [5.74, 6) is 0. The summed E-state index contributed by atoms with van der Waals surface area (Å²) in [4.78, 5) is 5.77. The summed E-state index contributed by atoms with van der Waals surface area (Å²) >= 11 is 5.14. The number of nitrogens with one attached hydrogen (secondary N) is 1.